The molecule has 0 radical (unpaired) electrons. The molecule has 160 valence electrons. The Bertz CT molecular complexity index is 1210. The van der Waals surface area contributed by atoms with Crippen LogP contribution in [0.5, 0.6) is 0 Å². The van der Waals surface area contributed by atoms with Gasteiger partial charge in [0.2, 0.25) is 0 Å². The van der Waals surface area contributed by atoms with E-state index in [0.717, 1.165) is 82.4 Å². The fourth-order valence-corrected chi connectivity index (χ4v) is 4.02. The Kier molecular flexibility index (Phi) is 5.94. The minimum absolute atomic E-state index is 0. The number of hydrogen-bond acceptors (Lipinski definition) is 6. The normalized spacial score (nSPS) is 15.1. The van der Waals surface area contributed by atoms with Crippen LogP contribution >= 0.6 is 24.8 Å². The fourth-order valence-electron chi connectivity index (χ4n) is 4.02. The second-order valence-electron chi connectivity index (χ2n) is 7.42. The van der Waals surface area contributed by atoms with Gasteiger partial charge in [-0.2, -0.15) is 0 Å². The van der Waals surface area contributed by atoms with Crippen molar-refractivity contribution in [2.45, 2.75) is 6.42 Å². The van der Waals surface area contributed by atoms with Gasteiger partial charge in [-0.05, 0) is 48.5 Å². The highest BCUT2D eigenvalue weighted by atomic mass is 35.5. The SMILES string of the molecule is Cl.Cl.c1cc2oc(Cc3cc4cc(C5=NCCN5)ccc4o3)cc2cc1C1=NCCN1. The fraction of sp³-hybridized carbons (Fsp3) is 0.217. The lowest BCUT2D eigenvalue weighted by Crippen LogP contribution is -2.19. The maximum Gasteiger partial charge on any atom is 0.134 e. The summed E-state index contributed by atoms with van der Waals surface area (Å²) in [5, 5.41) is 8.79. The van der Waals surface area contributed by atoms with Gasteiger partial charge in [-0.15, -0.1) is 24.8 Å². The van der Waals surface area contributed by atoms with E-state index in [2.05, 4.69) is 57.0 Å². The van der Waals surface area contributed by atoms with E-state index >= 15 is 0 Å². The lowest BCUT2D eigenvalue weighted by atomic mass is 10.1. The lowest BCUT2D eigenvalue weighted by Gasteiger charge is -2.01. The van der Waals surface area contributed by atoms with Crippen LogP contribution in [0.4, 0.5) is 0 Å². The molecule has 6 nitrogen and oxygen atoms in total. The third kappa shape index (κ3) is 4.01. The van der Waals surface area contributed by atoms with Gasteiger partial charge in [0.1, 0.15) is 34.4 Å². The summed E-state index contributed by atoms with van der Waals surface area (Å²) < 4.78 is 12.1. The first-order chi connectivity index (χ1) is 14.3. The maximum absolute atomic E-state index is 6.04. The molecule has 0 unspecified atom stereocenters. The zero-order valence-corrected chi connectivity index (χ0v) is 18.3. The summed E-state index contributed by atoms with van der Waals surface area (Å²) >= 11 is 0. The zero-order valence-electron chi connectivity index (χ0n) is 16.7. The molecular weight excluding hydrogens is 435 g/mol. The van der Waals surface area contributed by atoms with Crippen molar-refractivity contribution in [1.82, 2.24) is 10.6 Å². The van der Waals surface area contributed by atoms with E-state index in [1.807, 2.05) is 12.1 Å². The summed E-state index contributed by atoms with van der Waals surface area (Å²) in [6, 6.07) is 16.5. The molecule has 2 aromatic heterocycles. The van der Waals surface area contributed by atoms with Crippen LogP contribution in [0.2, 0.25) is 0 Å². The number of hydrogen-bond donors (Lipinski definition) is 2. The van der Waals surface area contributed by atoms with Crippen molar-refractivity contribution < 1.29 is 8.83 Å². The van der Waals surface area contributed by atoms with Crippen LogP contribution in [0.1, 0.15) is 22.6 Å². The van der Waals surface area contributed by atoms with Crippen LogP contribution in [0.3, 0.4) is 0 Å². The molecule has 0 fully saturated rings. The van der Waals surface area contributed by atoms with Crippen LogP contribution in [0.15, 0.2) is 67.4 Å². The largest absolute Gasteiger partial charge is 0.461 e. The predicted molar refractivity (Wildman–Crippen MR) is 129 cm³/mol. The molecule has 4 aromatic rings. The molecule has 0 amide bonds. The summed E-state index contributed by atoms with van der Waals surface area (Å²) in [5.41, 5.74) is 3.96. The molecule has 0 bridgehead atoms. The second kappa shape index (κ2) is 8.65. The molecule has 2 aliphatic rings. The van der Waals surface area contributed by atoms with Gasteiger partial charge in [0.05, 0.1) is 19.5 Å². The van der Waals surface area contributed by atoms with E-state index in [4.69, 9.17) is 8.83 Å². The van der Waals surface area contributed by atoms with Gasteiger partial charge in [0.25, 0.3) is 0 Å². The van der Waals surface area contributed by atoms with Crippen molar-refractivity contribution in [3.05, 3.63) is 71.2 Å². The smallest absolute Gasteiger partial charge is 0.134 e. The Labute approximate surface area is 191 Å². The van der Waals surface area contributed by atoms with Crippen molar-refractivity contribution in [3.8, 4) is 0 Å². The summed E-state index contributed by atoms with van der Waals surface area (Å²) in [6.07, 6.45) is 0.617. The van der Waals surface area contributed by atoms with E-state index in [1.54, 1.807) is 0 Å². The van der Waals surface area contributed by atoms with Gasteiger partial charge in [0, 0.05) is 35.0 Å². The average molecular weight is 457 g/mol. The monoisotopic (exact) mass is 456 g/mol. The van der Waals surface area contributed by atoms with Crippen molar-refractivity contribution in [1.29, 1.82) is 0 Å². The lowest BCUT2D eigenvalue weighted by molar-refractivity contribution is 0.512. The van der Waals surface area contributed by atoms with Crippen molar-refractivity contribution in [2.75, 3.05) is 26.2 Å². The number of nitrogens with zero attached hydrogens (tertiary/aromatic N) is 2. The summed E-state index contributed by atoms with van der Waals surface area (Å²) in [4.78, 5) is 8.99. The Morgan fingerprint density at radius 2 is 1.16 bits per heavy atom. The molecule has 0 spiro atoms. The number of halogens is 2. The van der Waals surface area contributed by atoms with Crippen LogP contribution < -0.4 is 10.6 Å². The Balaban J connectivity index is 0.00000116. The number of furan rings is 2. The highest BCUT2D eigenvalue weighted by molar-refractivity contribution is 6.03. The van der Waals surface area contributed by atoms with Gasteiger partial charge >= 0.3 is 0 Å². The minimum atomic E-state index is 0. The third-order valence-corrected chi connectivity index (χ3v) is 5.38. The first-order valence-electron chi connectivity index (χ1n) is 9.94. The van der Waals surface area contributed by atoms with Crippen LogP contribution in [-0.2, 0) is 6.42 Å². The van der Waals surface area contributed by atoms with Gasteiger partial charge in [-0.1, -0.05) is 0 Å². The van der Waals surface area contributed by atoms with E-state index < -0.39 is 0 Å². The summed E-state index contributed by atoms with van der Waals surface area (Å²) in [7, 11) is 0. The first kappa shape index (κ1) is 21.3. The summed E-state index contributed by atoms with van der Waals surface area (Å²) in [5.74, 6) is 3.70. The van der Waals surface area contributed by atoms with Crippen molar-refractivity contribution >= 4 is 58.4 Å². The van der Waals surface area contributed by atoms with Crippen LogP contribution in [0, 0.1) is 0 Å². The highest BCUT2D eigenvalue weighted by Crippen LogP contribution is 2.27. The van der Waals surface area contributed by atoms with E-state index in [-0.39, 0.29) is 24.8 Å². The average Bonchev–Trinajstić information content (AvgIpc) is 3.53. The summed E-state index contributed by atoms with van der Waals surface area (Å²) in [6.45, 7) is 3.48. The van der Waals surface area contributed by atoms with Gasteiger partial charge in [0.15, 0.2) is 0 Å². The van der Waals surface area contributed by atoms with E-state index in [0.29, 0.717) is 6.42 Å². The molecule has 0 saturated heterocycles. The molecule has 0 atom stereocenters. The van der Waals surface area contributed by atoms with Crippen LogP contribution in [-0.4, -0.2) is 37.9 Å². The van der Waals surface area contributed by atoms with E-state index in [9.17, 15) is 0 Å². The highest BCUT2D eigenvalue weighted by Gasteiger charge is 2.14. The number of nitrogens with one attached hydrogen (secondary N) is 2. The quantitative estimate of drug-likeness (QED) is 0.479. The van der Waals surface area contributed by atoms with E-state index in [1.165, 1.54) is 0 Å². The molecule has 4 heterocycles. The maximum atomic E-state index is 6.04. The topological polar surface area (TPSA) is 75.1 Å². The standard InChI is InChI=1S/C23H20N4O2.2ClH/c1-3-20-16(9-14(1)22-24-5-6-25-22)11-18(28-20)13-19-12-17-10-15(2-4-21(17)29-19)23-26-7-8-27-23;;/h1-4,9-12H,5-8,13H2,(H,24,25)(H,26,27);2*1H. The number of aliphatic imine (C=N–C) groups is 2. The van der Waals surface area contributed by atoms with Crippen molar-refractivity contribution in [2.24, 2.45) is 9.98 Å². The first-order valence-corrected chi connectivity index (χ1v) is 9.94. The Hall–Kier alpha value is -2.96. The molecule has 6 rings (SSSR count). The number of amidine groups is 2. The molecule has 2 N–H and O–H groups in total. The Morgan fingerprint density at radius 3 is 1.58 bits per heavy atom. The molecule has 2 aromatic carbocycles. The number of benzene rings is 2. The zero-order chi connectivity index (χ0) is 19.2. The molecule has 2 aliphatic heterocycles. The van der Waals surface area contributed by atoms with Gasteiger partial charge in [-0.25, -0.2) is 0 Å². The van der Waals surface area contributed by atoms with Crippen LogP contribution in [0.25, 0.3) is 21.9 Å². The molecule has 0 saturated carbocycles. The molecule has 0 aliphatic carbocycles. The van der Waals surface area contributed by atoms with Gasteiger partial charge in [-0.3, -0.25) is 9.98 Å². The Morgan fingerprint density at radius 1 is 0.677 bits per heavy atom. The molecule has 31 heavy (non-hydrogen) atoms. The minimum Gasteiger partial charge on any atom is -0.461 e. The molecule has 8 heteroatoms. The predicted octanol–water partition coefficient (Wildman–Crippen LogP) is 4.31. The second-order valence-corrected chi connectivity index (χ2v) is 7.42. The van der Waals surface area contributed by atoms with Gasteiger partial charge < -0.3 is 19.5 Å². The molecular formula is C23H22Cl2N4O2. The van der Waals surface area contributed by atoms with Crippen molar-refractivity contribution in [3.63, 3.8) is 0 Å². The number of fused-ring (bicyclic) bond motifs is 2. The third-order valence-electron chi connectivity index (χ3n) is 5.38. The number of rotatable bonds is 4.